The maximum absolute atomic E-state index is 10.8. The molecule has 0 spiro atoms. The zero-order chi connectivity index (χ0) is 13.2. The number of nitrogens with zero attached hydrogens (tertiary/aromatic N) is 1. The minimum Gasteiger partial charge on any atom is -0.356 e. The van der Waals surface area contributed by atoms with Crippen molar-refractivity contribution in [2.24, 2.45) is 0 Å². The summed E-state index contributed by atoms with van der Waals surface area (Å²) in [4.78, 5) is 10.4. The molecule has 19 heavy (non-hydrogen) atoms. The maximum atomic E-state index is 10.8. The average molecular weight is 256 g/mol. The summed E-state index contributed by atoms with van der Waals surface area (Å²) in [7, 11) is 0. The molecule has 0 amide bonds. The highest BCUT2D eigenvalue weighted by molar-refractivity contribution is 5.53. The summed E-state index contributed by atoms with van der Waals surface area (Å²) in [6.07, 6.45) is -0.352. The number of hydrogen-bond donors (Lipinski definition) is 1. The van der Waals surface area contributed by atoms with E-state index < -0.39 is 4.92 Å². The second-order valence-electron chi connectivity index (χ2n) is 4.34. The molecule has 1 aliphatic rings. The lowest BCUT2D eigenvalue weighted by Gasteiger charge is -2.27. The van der Waals surface area contributed by atoms with E-state index in [0.717, 1.165) is 16.8 Å². The fourth-order valence-corrected chi connectivity index (χ4v) is 2.12. The number of benzene rings is 2. The van der Waals surface area contributed by atoms with E-state index in [1.54, 1.807) is 6.07 Å². The number of anilines is 1. The van der Waals surface area contributed by atoms with Crippen molar-refractivity contribution in [2.45, 2.75) is 12.8 Å². The van der Waals surface area contributed by atoms with Gasteiger partial charge >= 0.3 is 0 Å². The molecule has 0 saturated carbocycles. The lowest BCUT2D eigenvalue weighted by molar-refractivity contribution is -0.385. The molecule has 0 fully saturated rings. The Bertz CT molecular complexity index is 628. The molecule has 0 radical (unpaired) electrons. The zero-order valence-electron chi connectivity index (χ0n) is 10.1. The predicted molar refractivity (Wildman–Crippen MR) is 70.7 cm³/mol. The Kier molecular flexibility index (Phi) is 2.89. The first-order valence-electron chi connectivity index (χ1n) is 5.94. The van der Waals surface area contributed by atoms with Crippen LogP contribution in [0.2, 0.25) is 0 Å². The van der Waals surface area contributed by atoms with Crippen LogP contribution in [0.5, 0.6) is 0 Å². The quantitative estimate of drug-likeness (QED) is 0.661. The van der Waals surface area contributed by atoms with Crippen LogP contribution < -0.4 is 5.32 Å². The molecule has 0 saturated heterocycles. The number of fused-ring (bicyclic) bond motifs is 1. The van der Waals surface area contributed by atoms with Crippen molar-refractivity contribution >= 4 is 11.4 Å². The third kappa shape index (κ3) is 2.28. The van der Waals surface area contributed by atoms with Crippen molar-refractivity contribution in [1.82, 2.24) is 0 Å². The van der Waals surface area contributed by atoms with Gasteiger partial charge in [0, 0.05) is 28.9 Å². The molecule has 1 N–H and O–H groups in total. The van der Waals surface area contributed by atoms with Crippen molar-refractivity contribution < 1.29 is 9.66 Å². The van der Waals surface area contributed by atoms with Crippen LogP contribution >= 0.6 is 0 Å². The van der Waals surface area contributed by atoms with Crippen molar-refractivity contribution in [1.29, 1.82) is 0 Å². The van der Waals surface area contributed by atoms with Crippen molar-refractivity contribution in [3.05, 3.63) is 69.8 Å². The van der Waals surface area contributed by atoms with Crippen LogP contribution in [0.1, 0.15) is 17.4 Å². The molecular formula is C14H12N2O3. The lowest BCUT2D eigenvalue weighted by Crippen LogP contribution is -2.20. The maximum Gasteiger partial charge on any atom is 0.269 e. The van der Waals surface area contributed by atoms with E-state index in [1.807, 2.05) is 30.3 Å². The van der Waals surface area contributed by atoms with E-state index in [-0.39, 0.29) is 11.9 Å². The fourth-order valence-electron chi connectivity index (χ4n) is 2.12. The van der Waals surface area contributed by atoms with Crippen LogP contribution in [0.15, 0.2) is 48.5 Å². The largest absolute Gasteiger partial charge is 0.356 e. The van der Waals surface area contributed by atoms with Gasteiger partial charge in [-0.3, -0.25) is 10.1 Å². The summed E-state index contributed by atoms with van der Waals surface area (Å²) >= 11 is 0. The molecule has 0 aliphatic carbocycles. The standard InChI is InChI=1S/C14H12N2O3/c17-16(18)12-6-3-5-10(8-12)14-15-13-7-2-1-4-11(13)9-19-14/h1-8,14-15H,9H2. The van der Waals surface area contributed by atoms with Gasteiger partial charge < -0.3 is 10.1 Å². The Morgan fingerprint density at radius 1 is 1.21 bits per heavy atom. The third-order valence-electron chi connectivity index (χ3n) is 3.09. The van der Waals surface area contributed by atoms with Gasteiger partial charge in [0.2, 0.25) is 0 Å². The van der Waals surface area contributed by atoms with E-state index in [4.69, 9.17) is 4.74 Å². The molecule has 5 heteroatoms. The van der Waals surface area contributed by atoms with Gasteiger partial charge in [0.15, 0.2) is 6.23 Å². The molecule has 5 nitrogen and oxygen atoms in total. The van der Waals surface area contributed by atoms with Gasteiger partial charge in [-0.25, -0.2) is 0 Å². The molecule has 96 valence electrons. The highest BCUT2D eigenvalue weighted by atomic mass is 16.6. The number of para-hydroxylation sites is 1. The molecule has 1 heterocycles. The number of nitro benzene ring substituents is 1. The van der Waals surface area contributed by atoms with E-state index in [9.17, 15) is 10.1 Å². The van der Waals surface area contributed by atoms with Gasteiger partial charge in [0.25, 0.3) is 5.69 Å². The second-order valence-corrected chi connectivity index (χ2v) is 4.34. The van der Waals surface area contributed by atoms with Crippen LogP contribution in [-0.4, -0.2) is 4.92 Å². The van der Waals surface area contributed by atoms with Crippen LogP contribution in [0.3, 0.4) is 0 Å². The van der Waals surface area contributed by atoms with E-state index in [2.05, 4.69) is 5.32 Å². The van der Waals surface area contributed by atoms with Crippen molar-refractivity contribution in [2.75, 3.05) is 5.32 Å². The number of ether oxygens (including phenoxy) is 1. The molecule has 2 aromatic carbocycles. The first kappa shape index (κ1) is 11.7. The van der Waals surface area contributed by atoms with Crippen LogP contribution in [0.25, 0.3) is 0 Å². The summed E-state index contributed by atoms with van der Waals surface area (Å²) in [5, 5.41) is 14.0. The minimum atomic E-state index is -0.403. The van der Waals surface area contributed by atoms with E-state index >= 15 is 0 Å². The highest BCUT2D eigenvalue weighted by Crippen LogP contribution is 2.31. The summed E-state index contributed by atoms with van der Waals surface area (Å²) in [6.45, 7) is 0.497. The molecule has 2 aromatic rings. The smallest absolute Gasteiger partial charge is 0.269 e. The Hall–Kier alpha value is -2.40. The van der Waals surface area contributed by atoms with Gasteiger partial charge in [-0.2, -0.15) is 0 Å². The van der Waals surface area contributed by atoms with Gasteiger partial charge in [-0.15, -0.1) is 0 Å². The summed E-state index contributed by atoms with van der Waals surface area (Å²) in [5.74, 6) is 0. The molecule has 1 atom stereocenters. The normalized spacial score (nSPS) is 17.4. The molecule has 3 rings (SSSR count). The van der Waals surface area contributed by atoms with E-state index in [1.165, 1.54) is 12.1 Å². The summed E-state index contributed by atoms with van der Waals surface area (Å²) in [5.41, 5.74) is 2.92. The number of nitro groups is 1. The Morgan fingerprint density at radius 2 is 2.05 bits per heavy atom. The number of hydrogen-bond acceptors (Lipinski definition) is 4. The second kappa shape index (κ2) is 4.70. The molecule has 1 unspecified atom stereocenters. The van der Waals surface area contributed by atoms with Crippen molar-refractivity contribution in [3.8, 4) is 0 Å². The van der Waals surface area contributed by atoms with Crippen molar-refractivity contribution in [3.63, 3.8) is 0 Å². The number of nitrogens with one attached hydrogen (secondary N) is 1. The lowest BCUT2D eigenvalue weighted by atomic mass is 10.1. The van der Waals surface area contributed by atoms with E-state index in [0.29, 0.717) is 6.61 Å². The Labute approximate surface area is 110 Å². The molecular weight excluding hydrogens is 244 g/mol. The van der Waals surface area contributed by atoms with Crippen LogP contribution in [-0.2, 0) is 11.3 Å². The monoisotopic (exact) mass is 256 g/mol. The third-order valence-corrected chi connectivity index (χ3v) is 3.09. The molecule has 0 bridgehead atoms. The average Bonchev–Trinajstić information content (AvgIpc) is 2.47. The van der Waals surface area contributed by atoms with Gasteiger partial charge in [-0.05, 0) is 6.07 Å². The summed E-state index contributed by atoms with van der Waals surface area (Å²) < 4.78 is 5.69. The Balaban J connectivity index is 1.89. The fraction of sp³-hybridized carbons (Fsp3) is 0.143. The van der Waals surface area contributed by atoms with Crippen LogP contribution in [0.4, 0.5) is 11.4 Å². The number of non-ortho nitro benzene ring substituents is 1. The van der Waals surface area contributed by atoms with Crippen LogP contribution in [0, 0.1) is 10.1 Å². The molecule has 1 aliphatic heterocycles. The SMILES string of the molecule is O=[N+]([O-])c1cccc(C2Nc3ccccc3CO2)c1. The summed E-state index contributed by atoms with van der Waals surface area (Å²) in [6, 6.07) is 14.4. The van der Waals surface area contributed by atoms with Gasteiger partial charge in [0.1, 0.15) is 0 Å². The number of rotatable bonds is 2. The van der Waals surface area contributed by atoms with Gasteiger partial charge in [-0.1, -0.05) is 30.3 Å². The highest BCUT2D eigenvalue weighted by Gasteiger charge is 2.20. The molecule has 0 aromatic heterocycles. The first-order valence-corrected chi connectivity index (χ1v) is 5.94. The first-order chi connectivity index (χ1) is 9.24. The predicted octanol–water partition coefficient (Wildman–Crippen LogP) is 3.24. The Morgan fingerprint density at radius 3 is 2.89 bits per heavy atom. The minimum absolute atomic E-state index is 0.0711. The van der Waals surface area contributed by atoms with Gasteiger partial charge in [0.05, 0.1) is 11.5 Å². The zero-order valence-corrected chi connectivity index (χ0v) is 10.1. The topological polar surface area (TPSA) is 64.4 Å².